The number of nitrogens with two attached hydrogens (primary N) is 1. The van der Waals surface area contributed by atoms with Gasteiger partial charge in [0.05, 0.1) is 7.11 Å². The summed E-state index contributed by atoms with van der Waals surface area (Å²) in [5.74, 6) is -1.13. The maximum absolute atomic E-state index is 11.4. The van der Waals surface area contributed by atoms with Crippen LogP contribution in [0.5, 0.6) is 0 Å². The highest BCUT2D eigenvalue weighted by molar-refractivity contribution is 6.30. The lowest BCUT2D eigenvalue weighted by Gasteiger charge is -1.96. The molecule has 0 saturated carbocycles. The summed E-state index contributed by atoms with van der Waals surface area (Å²) >= 11 is 5.73. The summed E-state index contributed by atoms with van der Waals surface area (Å²) in [6.07, 6.45) is 3.91. The molecule has 0 aromatic heterocycles. The number of ketones is 1. The van der Waals surface area contributed by atoms with Gasteiger partial charge in [0.15, 0.2) is 5.78 Å². The molecule has 0 saturated heterocycles. The molecular formula is C13H12ClNO3. The Kier molecular flexibility index (Phi) is 5.14. The van der Waals surface area contributed by atoms with Crippen LogP contribution in [0.4, 0.5) is 0 Å². The molecule has 0 bridgehead atoms. The van der Waals surface area contributed by atoms with Gasteiger partial charge in [0.1, 0.15) is 5.70 Å². The predicted octanol–water partition coefficient (Wildman–Crippen LogP) is 1.94. The zero-order valence-corrected chi connectivity index (χ0v) is 10.5. The van der Waals surface area contributed by atoms with E-state index >= 15 is 0 Å². The lowest BCUT2D eigenvalue weighted by Crippen LogP contribution is -2.14. The normalized spacial score (nSPS) is 11.6. The fourth-order valence-corrected chi connectivity index (χ4v) is 1.26. The van der Waals surface area contributed by atoms with E-state index in [1.807, 2.05) is 0 Å². The fourth-order valence-electron chi connectivity index (χ4n) is 1.13. The van der Waals surface area contributed by atoms with Crippen molar-refractivity contribution in [3.8, 4) is 0 Å². The van der Waals surface area contributed by atoms with E-state index in [0.717, 1.165) is 11.6 Å². The average Bonchev–Trinajstić information content (AvgIpc) is 2.37. The van der Waals surface area contributed by atoms with Gasteiger partial charge in [-0.05, 0) is 23.8 Å². The molecule has 1 rings (SSSR count). The Hall–Kier alpha value is -2.07. The summed E-state index contributed by atoms with van der Waals surface area (Å²) in [6.45, 7) is 0. The van der Waals surface area contributed by atoms with Crippen molar-refractivity contribution in [3.05, 3.63) is 52.7 Å². The van der Waals surface area contributed by atoms with Gasteiger partial charge >= 0.3 is 5.97 Å². The van der Waals surface area contributed by atoms with Gasteiger partial charge in [-0.1, -0.05) is 29.8 Å². The monoisotopic (exact) mass is 265 g/mol. The molecule has 0 spiro atoms. The second kappa shape index (κ2) is 6.61. The van der Waals surface area contributed by atoms with Gasteiger partial charge in [0.2, 0.25) is 0 Å². The van der Waals surface area contributed by atoms with Crippen LogP contribution in [0.25, 0.3) is 6.08 Å². The van der Waals surface area contributed by atoms with E-state index in [2.05, 4.69) is 4.74 Å². The molecule has 0 aliphatic carbocycles. The zero-order chi connectivity index (χ0) is 13.5. The fraction of sp³-hybridized carbons (Fsp3) is 0.0769. The van der Waals surface area contributed by atoms with Crippen LogP contribution < -0.4 is 5.73 Å². The number of allylic oxidation sites excluding steroid dienone is 2. The van der Waals surface area contributed by atoms with E-state index in [-0.39, 0.29) is 5.70 Å². The third kappa shape index (κ3) is 4.43. The Labute approximate surface area is 110 Å². The second-order valence-corrected chi connectivity index (χ2v) is 3.81. The standard InChI is InChI=1S/C13H12ClNO3/c1-18-13(17)12(15)8-11(16)7-4-9-2-5-10(14)6-3-9/h2-8H,15H2,1H3/b7-4+,12-8+. The van der Waals surface area contributed by atoms with Gasteiger partial charge in [-0.15, -0.1) is 0 Å². The van der Waals surface area contributed by atoms with Crippen molar-refractivity contribution in [2.24, 2.45) is 5.73 Å². The number of carbonyl (C=O) groups excluding carboxylic acids is 2. The summed E-state index contributed by atoms with van der Waals surface area (Å²) in [6, 6.07) is 6.95. The molecule has 0 unspecified atom stereocenters. The minimum Gasteiger partial charge on any atom is -0.464 e. The molecule has 0 aliphatic rings. The van der Waals surface area contributed by atoms with Crippen molar-refractivity contribution in [1.29, 1.82) is 0 Å². The van der Waals surface area contributed by atoms with Crippen molar-refractivity contribution in [1.82, 2.24) is 0 Å². The summed E-state index contributed by atoms with van der Waals surface area (Å²) in [4.78, 5) is 22.4. The first-order valence-electron chi connectivity index (χ1n) is 5.06. The largest absolute Gasteiger partial charge is 0.464 e. The minimum absolute atomic E-state index is 0.233. The molecule has 0 atom stereocenters. The topological polar surface area (TPSA) is 69.4 Å². The first-order chi connectivity index (χ1) is 8.52. The van der Waals surface area contributed by atoms with E-state index in [1.165, 1.54) is 13.2 Å². The third-order valence-corrected chi connectivity index (χ3v) is 2.28. The van der Waals surface area contributed by atoms with E-state index in [1.54, 1.807) is 30.3 Å². The van der Waals surface area contributed by atoms with Crippen LogP contribution >= 0.6 is 11.6 Å². The van der Waals surface area contributed by atoms with E-state index in [4.69, 9.17) is 17.3 Å². The molecule has 0 fully saturated rings. The van der Waals surface area contributed by atoms with Gasteiger partial charge in [0.25, 0.3) is 0 Å². The van der Waals surface area contributed by atoms with E-state index in [0.29, 0.717) is 5.02 Å². The van der Waals surface area contributed by atoms with Crippen LogP contribution in [0.2, 0.25) is 5.02 Å². The highest BCUT2D eigenvalue weighted by Crippen LogP contribution is 2.10. The molecule has 0 radical (unpaired) electrons. The lowest BCUT2D eigenvalue weighted by atomic mass is 10.2. The SMILES string of the molecule is COC(=O)/C(N)=C\C(=O)/C=C/c1ccc(Cl)cc1. The van der Waals surface area contributed by atoms with Gasteiger partial charge in [-0.2, -0.15) is 0 Å². The molecular weight excluding hydrogens is 254 g/mol. The number of rotatable bonds is 4. The number of hydrogen-bond donors (Lipinski definition) is 1. The summed E-state index contributed by atoms with van der Waals surface area (Å²) in [7, 11) is 1.19. The first kappa shape index (κ1) is 14.0. The Morgan fingerprint density at radius 3 is 2.44 bits per heavy atom. The van der Waals surface area contributed by atoms with Crippen molar-refractivity contribution in [3.63, 3.8) is 0 Å². The summed E-state index contributed by atoms with van der Waals surface area (Å²) < 4.78 is 4.37. The number of ether oxygens (including phenoxy) is 1. The van der Waals surface area contributed by atoms with Crippen LogP contribution in [0, 0.1) is 0 Å². The number of carbonyl (C=O) groups is 2. The second-order valence-electron chi connectivity index (χ2n) is 3.38. The first-order valence-corrected chi connectivity index (χ1v) is 5.44. The smallest absolute Gasteiger partial charge is 0.354 e. The van der Waals surface area contributed by atoms with Crippen molar-refractivity contribution >= 4 is 29.4 Å². The van der Waals surface area contributed by atoms with Crippen LogP contribution in [-0.2, 0) is 14.3 Å². The molecule has 94 valence electrons. The predicted molar refractivity (Wildman–Crippen MR) is 69.8 cm³/mol. The Balaban J connectivity index is 2.70. The van der Waals surface area contributed by atoms with Crippen LogP contribution in [0.1, 0.15) is 5.56 Å². The molecule has 2 N–H and O–H groups in total. The maximum Gasteiger partial charge on any atom is 0.354 e. The van der Waals surface area contributed by atoms with E-state index < -0.39 is 11.8 Å². The van der Waals surface area contributed by atoms with Crippen LogP contribution in [-0.4, -0.2) is 18.9 Å². The minimum atomic E-state index is -0.733. The van der Waals surface area contributed by atoms with Gasteiger partial charge in [-0.25, -0.2) is 4.79 Å². The highest BCUT2D eigenvalue weighted by Gasteiger charge is 2.05. The van der Waals surface area contributed by atoms with Gasteiger partial charge < -0.3 is 10.5 Å². The lowest BCUT2D eigenvalue weighted by molar-refractivity contribution is -0.136. The number of methoxy groups -OCH3 is 1. The summed E-state index contributed by atoms with van der Waals surface area (Å²) in [5, 5.41) is 0.619. The number of halogens is 1. The molecule has 0 amide bonds. The number of hydrogen-bond acceptors (Lipinski definition) is 4. The number of esters is 1. The number of benzene rings is 1. The Morgan fingerprint density at radius 1 is 1.28 bits per heavy atom. The van der Waals surface area contributed by atoms with Gasteiger partial charge in [-0.3, -0.25) is 4.79 Å². The zero-order valence-electron chi connectivity index (χ0n) is 9.72. The molecule has 0 heterocycles. The highest BCUT2D eigenvalue weighted by atomic mass is 35.5. The molecule has 1 aromatic carbocycles. The van der Waals surface area contributed by atoms with Crippen LogP contribution in [0.3, 0.4) is 0 Å². The quantitative estimate of drug-likeness (QED) is 0.667. The molecule has 18 heavy (non-hydrogen) atoms. The maximum atomic E-state index is 11.4. The Bertz CT molecular complexity index is 503. The van der Waals surface area contributed by atoms with Crippen molar-refractivity contribution < 1.29 is 14.3 Å². The molecule has 4 nitrogen and oxygen atoms in total. The average molecular weight is 266 g/mol. The van der Waals surface area contributed by atoms with Crippen LogP contribution in [0.15, 0.2) is 42.1 Å². The molecule has 1 aromatic rings. The third-order valence-electron chi connectivity index (χ3n) is 2.03. The van der Waals surface area contributed by atoms with Gasteiger partial charge in [0, 0.05) is 11.1 Å². The van der Waals surface area contributed by atoms with E-state index in [9.17, 15) is 9.59 Å². The Morgan fingerprint density at radius 2 is 1.89 bits per heavy atom. The molecule has 5 heteroatoms. The molecule has 0 aliphatic heterocycles. The summed E-state index contributed by atoms with van der Waals surface area (Å²) in [5.41, 5.74) is 5.92. The van der Waals surface area contributed by atoms with Crippen molar-refractivity contribution in [2.75, 3.05) is 7.11 Å². The van der Waals surface area contributed by atoms with Crippen molar-refractivity contribution in [2.45, 2.75) is 0 Å².